The second-order valence-electron chi connectivity index (χ2n) is 4.36. The molecule has 0 unspecified atom stereocenters. The van der Waals surface area contributed by atoms with E-state index in [0.717, 1.165) is 0 Å². The third kappa shape index (κ3) is 4.43. The van der Waals surface area contributed by atoms with Crippen molar-refractivity contribution in [3.8, 4) is 0 Å². The van der Waals surface area contributed by atoms with Crippen LogP contribution in [0.3, 0.4) is 0 Å². The maximum absolute atomic E-state index is 13.5. The lowest BCUT2D eigenvalue weighted by molar-refractivity contribution is 0.119. The largest absolute Gasteiger partial charge is 0.391 e. The van der Waals surface area contributed by atoms with Crippen LogP contribution >= 0.6 is 24.0 Å². The quantitative estimate of drug-likeness (QED) is 0.890. The summed E-state index contributed by atoms with van der Waals surface area (Å²) >= 11 is 5.87. The first-order valence-corrected chi connectivity index (χ1v) is 5.68. The highest BCUT2D eigenvalue weighted by atomic mass is 35.5. The average Bonchev–Trinajstić information content (AvgIpc) is 2.16. The molecule has 0 aliphatic carbocycles. The number of aliphatic hydroxyl groups excluding tert-OH is 1. The van der Waals surface area contributed by atoms with E-state index in [1.165, 1.54) is 12.1 Å². The van der Waals surface area contributed by atoms with E-state index in [2.05, 4.69) is 0 Å². The molecule has 0 aromatic heterocycles. The summed E-state index contributed by atoms with van der Waals surface area (Å²) in [5.41, 5.74) is 6.01. The number of rotatable bonds is 4. The minimum atomic E-state index is -0.783. The first kappa shape index (κ1) is 16.6. The summed E-state index contributed by atoms with van der Waals surface area (Å²) in [7, 11) is 0. The van der Waals surface area contributed by atoms with Gasteiger partial charge in [0.05, 0.1) is 12.1 Å². The van der Waals surface area contributed by atoms with Crippen molar-refractivity contribution in [1.82, 2.24) is 0 Å². The lowest BCUT2D eigenvalue weighted by atomic mass is 9.95. The van der Waals surface area contributed by atoms with Crippen molar-refractivity contribution in [1.29, 1.82) is 0 Å². The summed E-state index contributed by atoms with van der Waals surface area (Å²) in [6.45, 7) is 3.94. The van der Waals surface area contributed by atoms with Crippen molar-refractivity contribution < 1.29 is 9.50 Å². The molecule has 0 amide bonds. The second-order valence-corrected chi connectivity index (χ2v) is 4.77. The normalized spacial score (nSPS) is 14.3. The van der Waals surface area contributed by atoms with Gasteiger partial charge in [0, 0.05) is 10.6 Å². The van der Waals surface area contributed by atoms with Crippen molar-refractivity contribution in [2.45, 2.75) is 32.4 Å². The fourth-order valence-corrected chi connectivity index (χ4v) is 1.94. The Hall–Kier alpha value is -0.350. The van der Waals surface area contributed by atoms with Crippen LogP contribution in [0.25, 0.3) is 0 Å². The third-order valence-electron chi connectivity index (χ3n) is 2.46. The Balaban J connectivity index is 0.00000256. The van der Waals surface area contributed by atoms with E-state index in [4.69, 9.17) is 17.3 Å². The van der Waals surface area contributed by atoms with E-state index in [0.29, 0.717) is 12.3 Å². The van der Waals surface area contributed by atoms with Gasteiger partial charge in [0.2, 0.25) is 0 Å². The second kappa shape index (κ2) is 7.17. The standard InChI is InChI=1S/C12H17ClFNO.ClH/c1-7(2)6-10(16)12(15)11-8(13)4-3-5-9(11)14;/h3-5,7,10,12,16H,6,15H2,1-2H3;1H/t10-,12-;/m0./s1. The van der Waals surface area contributed by atoms with E-state index in [1.54, 1.807) is 6.07 Å². The first-order chi connectivity index (χ1) is 7.43. The van der Waals surface area contributed by atoms with Crippen LogP contribution in [-0.4, -0.2) is 11.2 Å². The molecule has 3 N–H and O–H groups in total. The predicted octanol–water partition coefficient (Wildman–Crippen LogP) is 3.31. The molecule has 0 spiro atoms. The molecule has 2 nitrogen and oxygen atoms in total. The number of benzene rings is 1. The van der Waals surface area contributed by atoms with Gasteiger partial charge < -0.3 is 10.8 Å². The Labute approximate surface area is 112 Å². The molecule has 0 aliphatic rings. The van der Waals surface area contributed by atoms with Gasteiger partial charge in [0.15, 0.2) is 0 Å². The Morgan fingerprint density at radius 1 is 1.41 bits per heavy atom. The number of aliphatic hydroxyl groups is 1. The minimum Gasteiger partial charge on any atom is -0.391 e. The molecule has 0 heterocycles. The summed E-state index contributed by atoms with van der Waals surface area (Å²) in [5, 5.41) is 10.1. The van der Waals surface area contributed by atoms with E-state index in [1.807, 2.05) is 13.8 Å². The summed E-state index contributed by atoms with van der Waals surface area (Å²) in [6, 6.07) is 3.60. The van der Waals surface area contributed by atoms with Crippen LogP contribution < -0.4 is 5.73 Å². The van der Waals surface area contributed by atoms with Crippen molar-refractivity contribution >= 4 is 24.0 Å². The minimum absolute atomic E-state index is 0. The summed E-state index contributed by atoms with van der Waals surface area (Å²) in [6.07, 6.45) is -0.263. The van der Waals surface area contributed by atoms with Gasteiger partial charge in [-0.2, -0.15) is 0 Å². The van der Waals surface area contributed by atoms with Crippen LogP contribution in [0.5, 0.6) is 0 Å². The van der Waals surface area contributed by atoms with Gasteiger partial charge in [-0.05, 0) is 24.5 Å². The lowest BCUT2D eigenvalue weighted by Gasteiger charge is -2.22. The lowest BCUT2D eigenvalue weighted by Crippen LogP contribution is -2.28. The van der Waals surface area contributed by atoms with Gasteiger partial charge in [-0.15, -0.1) is 12.4 Å². The van der Waals surface area contributed by atoms with Gasteiger partial charge in [-0.1, -0.05) is 31.5 Å². The highest BCUT2D eigenvalue weighted by Crippen LogP contribution is 2.28. The zero-order chi connectivity index (χ0) is 12.3. The molecule has 1 aromatic carbocycles. The molecular formula is C12H18Cl2FNO. The highest BCUT2D eigenvalue weighted by molar-refractivity contribution is 6.31. The molecule has 0 saturated carbocycles. The van der Waals surface area contributed by atoms with Gasteiger partial charge >= 0.3 is 0 Å². The number of nitrogens with two attached hydrogens (primary N) is 1. The Morgan fingerprint density at radius 2 is 2.00 bits per heavy atom. The van der Waals surface area contributed by atoms with Crippen LogP contribution in [0.4, 0.5) is 4.39 Å². The van der Waals surface area contributed by atoms with Crippen LogP contribution in [0.2, 0.25) is 5.02 Å². The zero-order valence-corrected chi connectivity index (χ0v) is 11.4. The molecule has 2 atom stereocenters. The van der Waals surface area contributed by atoms with E-state index in [-0.39, 0.29) is 23.0 Å². The molecule has 1 rings (SSSR count). The van der Waals surface area contributed by atoms with Gasteiger partial charge in [-0.3, -0.25) is 0 Å². The molecule has 0 bridgehead atoms. The smallest absolute Gasteiger partial charge is 0.129 e. The first-order valence-electron chi connectivity index (χ1n) is 5.31. The molecule has 0 aliphatic heterocycles. The summed E-state index contributed by atoms with van der Waals surface area (Å²) in [5.74, 6) is -0.172. The number of hydrogen-bond donors (Lipinski definition) is 2. The maximum Gasteiger partial charge on any atom is 0.129 e. The van der Waals surface area contributed by atoms with Gasteiger partial charge in [-0.25, -0.2) is 4.39 Å². The van der Waals surface area contributed by atoms with Crippen molar-refractivity contribution in [2.24, 2.45) is 11.7 Å². The Morgan fingerprint density at radius 3 is 2.47 bits per heavy atom. The summed E-state index contributed by atoms with van der Waals surface area (Å²) in [4.78, 5) is 0. The van der Waals surface area contributed by atoms with Crippen LogP contribution in [0, 0.1) is 11.7 Å². The monoisotopic (exact) mass is 281 g/mol. The SMILES string of the molecule is CC(C)C[C@H](O)[C@H](N)c1c(F)cccc1Cl.Cl. The Kier molecular flexibility index (Phi) is 7.02. The molecule has 1 aromatic rings. The molecular weight excluding hydrogens is 264 g/mol. The molecule has 0 radical (unpaired) electrons. The maximum atomic E-state index is 13.5. The van der Waals surface area contributed by atoms with E-state index in [9.17, 15) is 9.50 Å². The van der Waals surface area contributed by atoms with Crippen LogP contribution in [0.1, 0.15) is 31.9 Å². The van der Waals surface area contributed by atoms with Crippen molar-refractivity contribution in [3.05, 3.63) is 34.6 Å². The van der Waals surface area contributed by atoms with Crippen molar-refractivity contribution in [3.63, 3.8) is 0 Å². The van der Waals surface area contributed by atoms with E-state index < -0.39 is 18.0 Å². The third-order valence-corrected chi connectivity index (χ3v) is 2.79. The fraction of sp³-hybridized carbons (Fsp3) is 0.500. The molecule has 0 saturated heterocycles. The number of halogens is 3. The highest BCUT2D eigenvalue weighted by Gasteiger charge is 2.23. The fourth-order valence-electron chi connectivity index (χ4n) is 1.65. The Bertz CT molecular complexity index is 340. The molecule has 17 heavy (non-hydrogen) atoms. The summed E-state index contributed by atoms with van der Waals surface area (Å²) < 4.78 is 13.5. The van der Waals surface area contributed by atoms with Crippen LogP contribution in [-0.2, 0) is 0 Å². The average molecular weight is 282 g/mol. The van der Waals surface area contributed by atoms with Gasteiger partial charge in [0.1, 0.15) is 5.82 Å². The molecule has 98 valence electrons. The molecule has 0 fully saturated rings. The van der Waals surface area contributed by atoms with Crippen LogP contribution in [0.15, 0.2) is 18.2 Å². The van der Waals surface area contributed by atoms with E-state index >= 15 is 0 Å². The van der Waals surface area contributed by atoms with Gasteiger partial charge in [0.25, 0.3) is 0 Å². The molecule has 5 heteroatoms. The van der Waals surface area contributed by atoms with Crippen molar-refractivity contribution in [2.75, 3.05) is 0 Å². The predicted molar refractivity (Wildman–Crippen MR) is 71.0 cm³/mol. The zero-order valence-electron chi connectivity index (χ0n) is 9.86. The topological polar surface area (TPSA) is 46.2 Å². The number of hydrogen-bond acceptors (Lipinski definition) is 2.